The van der Waals surface area contributed by atoms with E-state index < -0.39 is 0 Å². The van der Waals surface area contributed by atoms with Crippen LogP contribution in [0.25, 0.3) is 0 Å². The van der Waals surface area contributed by atoms with Crippen LogP contribution in [-0.4, -0.2) is 18.0 Å². The topological polar surface area (TPSA) is 89.3 Å². The summed E-state index contributed by atoms with van der Waals surface area (Å²) in [6.07, 6.45) is 2.19. The summed E-state index contributed by atoms with van der Waals surface area (Å²) in [5, 5.41) is 5.88. The van der Waals surface area contributed by atoms with Crippen molar-refractivity contribution in [1.29, 1.82) is 0 Å². The van der Waals surface area contributed by atoms with Crippen LogP contribution in [0.3, 0.4) is 0 Å². The minimum Gasteiger partial charge on any atom is -0.497 e. The highest BCUT2D eigenvalue weighted by atomic mass is 16.5. The van der Waals surface area contributed by atoms with Crippen molar-refractivity contribution in [3.05, 3.63) is 83.6 Å². The van der Waals surface area contributed by atoms with Gasteiger partial charge in [0.25, 0.3) is 5.91 Å². The lowest BCUT2D eigenvalue weighted by atomic mass is 10.1. The molecule has 6 heteroatoms. The molecule has 0 aliphatic rings. The van der Waals surface area contributed by atoms with Gasteiger partial charge in [-0.1, -0.05) is 30.2 Å². The molecule has 0 atom stereocenters. The molecular weight excluding hydrogens is 364 g/mol. The van der Waals surface area contributed by atoms with Gasteiger partial charge in [0, 0.05) is 42.5 Å². The van der Waals surface area contributed by atoms with Crippen LogP contribution in [-0.2, 0) is 13.0 Å². The SMILES string of the molecule is COc1cccc(CC#CNCc2ccc(C(=O)Nc3ccnc(N)c3)cc2)c1. The number of amides is 1. The van der Waals surface area contributed by atoms with Gasteiger partial charge in [-0.2, -0.15) is 0 Å². The lowest BCUT2D eigenvalue weighted by molar-refractivity contribution is 0.102. The number of rotatable bonds is 6. The molecule has 1 heterocycles. The number of aromatic nitrogens is 1. The van der Waals surface area contributed by atoms with Crippen LogP contribution in [0, 0.1) is 12.0 Å². The maximum absolute atomic E-state index is 12.3. The van der Waals surface area contributed by atoms with Gasteiger partial charge in [-0.3, -0.25) is 4.79 Å². The number of hydrogen-bond acceptors (Lipinski definition) is 5. The lowest BCUT2D eigenvalue weighted by Crippen LogP contribution is -2.12. The predicted octanol–water partition coefficient (Wildman–Crippen LogP) is 3.22. The van der Waals surface area contributed by atoms with Gasteiger partial charge in [-0.05, 0) is 41.5 Å². The molecule has 2 aromatic carbocycles. The van der Waals surface area contributed by atoms with Gasteiger partial charge in [0.1, 0.15) is 11.6 Å². The Bertz CT molecular complexity index is 1040. The van der Waals surface area contributed by atoms with Crippen LogP contribution >= 0.6 is 0 Å². The van der Waals surface area contributed by atoms with E-state index in [1.165, 1.54) is 0 Å². The number of nitrogens with zero attached hydrogens (tertiary/aromatic N) is 1. The van der Waals surface area contributed by atoms with Crippen LogP contribution in [0.2, 0.25) is 0 Å². The third-order valence-corrected chi connectivity index (χ3v) is 4.15. The molecule has 0 saturated heterocycles. The average Bonchev–Trinajstić information content (AvgIpc) is 2.74. The van der Waals surface area contributed by atoms with Gasteiger partial charge in [0.2, 0.25) is 0 Å². The molecule has 29 heavy (non-hydrogen) atoms. The van der Waals surface area contributed by atoms with E-state index in [4.69, 9.17) is 10.5 Å². The van der Waals surface area contributed by atoms with Crippen molar-refractivity contribution in [3.8, 4) is 17.7 Å². The van der Waals surface area contributed by atoms with Crippen LogP contribution < -0.4 is 21.1 Å². The van der Waals surface area contributed by atoms with Crippen molar-refractivity contribution < 1.29 is 9.53 Å². The maximum atomic E-state index is 12.3. The highest BCUT2D eigenvalue weighted by molar-refractivity contribution is 6.04. The first-order chi connectivity index (χ1) is 14.1. The summed E-state index contributed by atoms with van der Waals surface area (Å²) >= 11 is 0. The van der Waals surface area contributed by atoms with Gasteiger partial charge in [0.05, 0.1) is 7.11 Å². The summed E-state index contributed by atoms with van der Waals surface area (Å²) in [5.41, 5.74) is 8.93. The predicted molar refractivity (Wildman–Crippen MR) is 114 cm³/mol. The van der Waals surface area contributed by atoms with E-state index in [0.717, 1.165) is 16.9 Å². The first kappa shape index (κ1) is 19.8. The Morgan fingerprint density at radius 2 is 1.93 bits per heavy atom. The van der Waals surface area contributed by atoms with E-state index in [9.17, 15) is 4.79 Å². The van der Waals surface area contributed by atoms with Gasteiger partial charge in [0.15, 0.2) is 0 Å². The molecule has 0 bridgehead atoms. The zero-order chi connectivity index (χ0) is 20.5. The smallest absolute Gasteiger partial charge is 0.255 e. The first-order valence-corrected chi connectivity index (χ1v) is 9.09. The molecule has 3 aromatic rings. The molecule has 0 aliphatic heterocycles. The van der Waals surface area contributed by atoms with E-state index in [2.05, 4.69) is 27.6 Å². The number of anilines is 2. The molecule has 0 fully saturated rings. The quantitative estimate of drug-likeness (QED) is 0.447. The van der Waals surface area contributed by atoms with Crippen LogP contribution in [0.4, 0.5) is 11.5 Å². The van der Waals surface area contributed by atoms with Crippen molar-refractivity contribution in [1.82, 2.24) is 10.3 Å². The number of nitrogen functional groups attached to an aromatic ring is 1. The number of pyridine rings is 1. The Labute approximate surface area is 170 Å². The largest absolute Gasteiger partial charge is 0.497 e. The summed E-state index contributed by atoms with van der Waals surface area (Å²) in [6.45, 7) is 0.591. The number of carbonyl (C=O) groups is 1. The minimum absolute atomic E-state index is 0.201. The summed E-state index contributed by atoms with van der Waals surface area (Å²) in [5.74, 6) is 4.07. The second kappa shape index (κ2) is 9.81. The first-order valence-electron chi connectivity index (χ1n) is 9.09. The Morgan fingerprint density at radius 1 is 1.10 bits per heavy atom. The molecule has 6 nitrogen and oxygen atoms in total. The second-order valence-electron chi connectivity index (χ2n) is 6.30. The highest BCUT2D eigenvalue weighted by Crippen LogP contribution is 2.13. The molecule has 0 radical (unpaired) electrons. The molecule has 0 saturated carbocycles. The highest BCUT2D eigenvalue weighted by Gasteiger charge is 2.06. The monoisotopic (exact) mass is 386 g/mol. The van der Waals surface area contributed by atoms with Crippen molar-refractivity contribution in [3.63, 3.8) is 0 Å². The Kier molecular flexibility index (Phi) is 6.69. The number of nitrogens with two attached hydrogens (primary N) is 1. The Hall–Kier alpha value is -3.98. The molecule has 0 spiro atoms. The fourth-order valence-electron chi connectivity index (χ4n) is 2.64. The standard InChI is InChI=1S/C23H22N4O2/c1-29-21-6-2-4-17(14-21)5-3-12-25-16-18-7-9-19(10-8-18)23(28)27-20-11-13-26-22(24)15-20/h2,4,6-11,13-15,25H,5,16H2,1H3,(H3,24,26,27,28). The molecular formula is C23H22N4O2. The van der Waals surface area contributed by atoms with E-state index in [-0.39, 0.29) is 5.91 Å². The van der Waals surface area contributed by atoms with E-state index in [0.29, 0.717) is 30.0 Å². The number of methoxy groups -OCH3 is 1. The average molecular weight is 386 g/mol. The number of nitrogens with one attached hydrogen (secondary N) is 2. The lowest BCUT2D eigenvalue weighted by Gasteiger charge is -2.06. The van der Waals surface area contributed by atoms with Gasteiger partial charge in [-0.15, -0.1) is 0 Å². The third-order valence-electron chi connectivity index (χ3n) is 4.15. The van der Waals surface area contributed by atoms with E-state index in [1.807, 2.05) is 36.4 Å². The summed E-state index contributed by atoms with van der Waals surface area (Å²) in [4.78, 5) is 16.2. The normalized spacial score (nSPS) is 9.83. The molecule has 0 aliphatic carbocycles. The molecule has 146 valence electrons. The number of ether oxygens (including phenoxy) is 1. The second-order valence-corrected chi connectivity index (χ2v) is 6.30. The summed E-state index contributed by atoms with van der Waals surface area (Å²) < 4.78 is 5.20. The number of hydrogen-bond donors (Lipinski definition) is 3. The third kappa shape index (κ3) is 6.01. The summed E-state index contributed by atoms with van der Waals surface area (Å²) in [6, 6.07) is 21.5. The Morgan fingerprint density at radius 3 is 2.69 bits per heavy atom. The zero-order valence-corrected chi connectivity index (χ0v) is 16.1. The van der Waals surface area contributed by atoms with Crippen molar-refractivity contribution in [2.75, 3.05) is 18.2 Å². The van der Waals surface area contributed by atoms with Gasteiger partial charge >= 0.3 is 0 Å². The summed E-state index contributed by atoms with van der Waals surface area (Å²) in [7, 11) is 1.65. The maximum Gasteiger partial charge on any atom is 0.255 e. The molecule has 3 rings (SSSR count). The van der Waals surface area contributed by atoms with Crippen LogP contribution in [0.5, 0.6) is 5.75 Å². The van der Waals surface area contributed by atoms with Crippen molar-refractivity contribution in [2.24, 2.45) is 0 Å². The van der Waals surface area contributed by atoms with Gasteiger partial charge in [-0.25, -0.2) is 4.98 Å². The molecule has 1 amide bonds. The van der Waals surface area contributed by atoms with Crippen LogP contribution in [0.15, 0.2) is 66.9 Å². The molecule has 1 aromatic heterocycles. The van der Waals surface area contributed by atoms with Crippen molar-refractivity contribution >= 4 is 17.4 Å². The zero-order valence-electron chi connectivity index (χ0n) is 16.1. The fraction of sp³-hybridized carbons (Fsp3) is 0.130. The number of benzene rings is 2. The molecule has 0 unspecified atom stereocenters. The van der Waals surface area contributed by atoms with E-state index in [1.54, 1.807) is 37.6 Å². The van der Waals surface area contributed by atoms with E-state index >= 15 is 0 Å². The van der Waals surface area contributed by atoms with Crippen molar-refractivity contribution in [2.45, 2.75) is 13.0 Å². The fourth-order valence-corrected chi connectivity index (χ4v) is 2.64. The molecule has 4 N–H and O–H groups in total. The Balaban J connectivity index is 1.48. The minimum atomic E-state index is -0.201. The number of carbonyl (C=O) groups excluding carboxylic acids is 1. The van der Waals surface area contributed by atoms with Gasteiger partial charge < -0.3 is 21.1 Å². The van der Waals surface area contributed by atoms with Crippen LogP contribution in [0.1, 0.15) is 21.5 Å².